The van der Waals surface area contributed by atoms with E-state index in [1.807, 2.05) is 30.3 Å². The third-order valence-corrected chi connectivity index (χ3v) is 3.46. The predicted molar refractivity (Wildman–Crippen MR) is 84.7 cm³/mol. The molecule has 0 radical (unpaired) electrons. The molecule has 21 heavy (non-hydrogen) atoms. The second-order valence-corrected chi connectivity index (χ2v) is 5.03. The van der Waals surface area contributed by atoms with E-state index in [0.29, 0.717) is 0 Å². The van der Waals surface area contributed by atoms with Crippen LogP contribution in [0.2, 0.25) is 0 Å². The average molecular weight is 281 g/mol. The molecule has 2 aromatic rings. The number of ether oxygens (including phenoxy) is 1. The van der Waals surface area contributed by atoms with Crippen molar-refractivity contribution in [2.45, 2.75) is 13.0 Å². The predicted octanol–water partition coefficient (Wildman–Crippen LogP) is 3.14. The van der Waals surface area contributed by atoms with Crippen LogP contribution in [0, 0.1) is 0 Å². The molecule has 0 aliphatic carbocycles. The molecule has 4 nitrogen and oxygen atoms in total. The van der Waals surface area contributed by atoms with E-state index < -0.39 is 0 Å². The lowest BCUT2D eigenvalue weighted by Crippen LogP contribution is -2.32. The summed E-state index contributed by atoms with van der Waals surface area (Å²) in [6.45, 7) is 1.87. The van der Waals surface area contributed by atoms with Crippen LogP contribution in [0.1, 0.15) is 12.0 Å². The van der Waals surface area contributed by atoms with Crippen LogP contribution in [0.3, 0.4) is 0 Å². The summed E-state index contributed by atoms with van der Waals surface area (Å²) in [6.07, 6.45) is 0.943. The first-order valence-electron chi connectivity index (χ1n) is 7.10. The summed E-state index contributed by atoms with van der Waals surface area (Å²) in [5.41, 5.74) is 5.61. The number of methoxy groups -OCH3 is 1. The standard InChI is InChI=1S/C17H19N3O/c1-21-16-9-7-15(8-10-16)18-17-11-12-20(19-17)13-14-5-3-2-4-6-14/h2-10H,11-13H2,1H3,(H,18,19). The molecule has 3 rings (SSSR count). The smallest absolute Gasteiger partial charge is 0.119 e. The Morgan fingerprint density at radius 1 is 1.10 bits per heavy atom. The van der Waals surface area contributed by atoms with Gasteiger partial charge in [-0.2, -0.15) is 0 Å². The minimum Gasteiger partial charge on any atom is -0.497 e. The second kappa shape index (κ2) is 6.41. The molecule has 4 heteroatoms. The first-order chi connectivity index (χ1) is 10.3. The van der Waals surface area contributed by atoms with Gasteiger partial charge in [-0.3, -0.25) is 0 Å². The van der Waals surface area contributed by atoms with Gasteiger partial charge in [-0.05, 0) is 29.8 Å². The maximum absolute atomic E-state index is 5.15. The van der Waals surface area contributed by atoms with Crippen molar-refractivity contribution in [3.8, 4) is 5.75 Å². The normalized spacial score (nSPS) is 16.9. The molecule has 1 saturated heterocycles. The van der Waals surface area contributed by atoms with E-state index in [0.717, 1.165) is 36.8 Å². The highest BCUT2D eigenvalue weighted by atomic mass is 16.5. The third-order valence-electron chi connectivity index (χ3n) is 3.46. The summed E-state index contributed by atoms with van der Waals surface area (Å²) in [4.78, 5) is 4.63. The van der Waals surface area contributed by atoms with Gasteiger partial charge in [0.15, 0.2) is 0 Å². The second-order valence-electron chi connectivity index (χ2n) is 5.03. The van der Waals surface area contributed by atoms with Crippen LogP contribution in [-0.4, -0.2) is 24.5 Å². The molecule has 0 unspecified atom stereocenters. The first-order valence-corrected chi connectivity index (χ1v) is 7.10. The van der Waals surface area contributed by atoms with Gasteiger partial charge in [0.25, 0.3) is 0 Å². The van der Waals surface area contributed by atoms with E-state index in [9.17, 15) is 0 Å². The Balaban J connectivity index is 1.62. The zero-order valence-electron chi connectivity index (χ0n) is 12.1. The highest BCUT2D eigenvalue weighted by Crippen LogP contribution is 2.19. The quantitative estimate of drug-likeness (QED) is 0.935. The number of hydrogen-bond acceptors (Lipinski definition) is 3. The summed E-state index contributed by atoms with van der Waals surface area (Å²) in [5.74, 6) is 1.86. The number of amidine groups is 1. The molecule has 0 atom stereocenters. The van der Waals surface area contributed by atoms with Gasteiger partial charge in [0.2, 0.25) is 0 Å². The molecule has 108 valence electrons. The molecule has 0 saturated carbocycles. The Hall–Kier alpha value is -2.33. The van der Waals surface area contributed by atoms with Gasteiger partial charge in [0.1, 0.15) is 11.6 Å². The fourth-order valence-electron chi connectivity index (χ4n) is 2.35. The minimum atomic E-state index is 0.851. The van der Waals surface area contributed by atoms with Crippen molar-refractivity contribution in [3.63, 3.8) is 0 Å². The van der Waals surface area contributed by atoms with Crippen LogP contribution >= 0.6 is 0 Å². The minimum absolute atomic E-state index is 0.851. The van der Waals surface area contributed by atoms with Gasteiger partial charge in [0.05, 0.1) is 12.8 Å². The summed E-state index contributed by atoms with van der Waals surface area (Å²) >= 11 is 0. The lowest BCUT2D eigenvalue weighted by Gasteiger charge is -2.15. The van der Waals surface area contributed by atoms with E-state index in [1.54, 1.807) is 7.11 Å². The Kier molecular flexibility index (Phi) is 4.17. The molecule has 0 aromatic heterocycles. The molecule has 0 spiro atoms. The summed E-state index contributed by atoms with van der Waals surface area (Å²) in [5, 5.41) is 2.19. The maximum atomic E-state index is 5.15. The molecule has 1 heterocycles. The molecule has 1 fully saturated rings. The Morgan fingerprint density at radius 2 is 1.86 bits per heavy atom. The van der Waals surface area contributed by atoms with Gasteiger partial charge in [-0.15, -0.1) is 0 Å². The van der Waals surface area contributed by atoms with Crippen LogP contribution in [0.5, 0.6) is 5.75 Å². The number of nitrogens with zero attached hydrogens (tertiary/aromatic N) is 2. The Labute approximate surface area is 125 Å². The molecule has 2 aromatic carbocycles. The van der Waals surface area contributed by atoms with Crippen LogP contribution in [0.4, 0.5) is 5.69 Å². The monoisotopic (exact) mass is 281 g/mol. The number of aliphatic imine (C=N–C) groups is 1. The van der Waals surface area contributed by atoms with Crippen molar-refractivity contribution in [3.05, 3.63) is 60.2 Å². The van der Waals surface area contributed by atoms with E-state index in [4.69, 9.17) is 4.74 Å². The zero-order valence-corrected chi connectivity index (χ0v) is 12.1. The van der Waals surface area contributed by atoms with E-state index in [-0.39, 0.29) is 0 Å². The van der Waals surface area contributed by atoms with Gasteiger partial charge in [0, 0.05) is 19.5 Å². The van der Waals surface area contributed by atoms with Crippen molar-refractivity contribution < 1.29 is 4.74 Å². The van der Waals surface area contributed by atoms with Gasteiger partial charge < -0.3 is 10.2 Å². The van der Waals surface area contributed by atoms with Gasteiger partial charge in [-0.1, -0.05) is 30.3 Å². The summed E-state index contributed by atoms with van der Waals surface area (Å²) < 4.78 is 5.15. The Morgan fingerprint density at radius 3 is 2.57 bits per heavy atom. The highest BCUT2D eigenvalue weighted by Gasteiger charge is 2.16. The number of hydrazine groups is 1. The number of nitrogens with one attached hydrogen (secondary N) is 1. The van der Waals surface area contributed by atoms with Crippen molar-refractivity contribution in [1.29, 1.82) is 0 Å². The topological polar surface area (TPSA) is 36.9 Å². The molecular formula is C17H19N3O. The number of benzene rings is 2. The maximum Gasteiger partial charge on any atom is 0.119 e. The van der Waals surface area contributed by atoms with Crippen LogP contribution in [0.25, 0.3) is 0 Å². The summed E-state index contributed by atoms with van der Waals surface area (Å²) in [6, 6.07) is 18.2. The number of rotatable bonds is 4. The highest BCUT2D eigenvalue weighted by molar-refractivity contribution is 5.86. The van der Waals surface area contributed by atoms with Crippen molar-refractivity contribution in [2.24, 2.45) is 4.99 Å². The molecular weight excluding hydrogens is 262 g/mol. The number of hydrogen-bond donors (Lipinski definition) is 1. The molecule has 0 amide bonds. The largest absolute Gasteiger partial charge is 0.497 e. The van der Waals surface area contributed by atoms with Gasteiger partial charge >= 0.3 is 0 Å². The lowest BCUT2D eigenvalue weighted by molar-refractivity contribution is 0.264. The Bertz CT molecular complexity index is 608. The molecule has 1 aliphatic rings. The van der Waals surface area contributed by atoms with E-state index >= 15 is 0 Å². The van der Waals surface area contributed by atoms with Crippen molar-refractivity contribution in [1.82, 2.24) is 10.4 Å². The SMILES string of the molecule is COc1ccc(N=C2CCN(Cc3ccccc3)N2)cc1. The summed E-state index contributed by atoms with van der Waals surface area (Å²) in [7, 11) is 1.67. The van der Waals surface area contributed by atoms with Gasteiger partial charge in [-0.25, -0.2) is 10.0 Å². The molecule has 0 bridgehead atoms. The molecule has 1 N–H and O–H groups in total. The fourth-order valence-corrected chi connectivity index (χ4v) is 2.35. The van der Waals surface area contributed by atoms with E-state index in [2.05, 4.69) is 39.7 Å². The first kappa shape index (κ1) is 13.6. The van der Waals surface area contributed by atoms with Crippen LogP contribution < -0.4 is 10.2 Å². The lowest BCUT2D eigenvalue weighted by atomic mass is 10.2. The van der Waals surface area contributed by atoms with E-state index in [1.165, 1.54) is 5.56 Å². The van der Waals surface area contributed by atoms with Crippen LogP contribution in [-0.2, 0) is 6.54 Å². The third kappa shape index (κ3) is 3.61. The average Bonchev–Trinajstić information content (AvgIpc) is 2.96. The van der Waals surface area contributed by atoms with Crippen LogP contribution in [0.15, 0.2) is 59.6 Å². The van der Waals surface area contributed by atoms with Crippen molar-refractivity contribution >= 4 is 11.5 Å². The zero-order chi connectivity index (χ0) is 14.5. The molecule has 1 aliphatic heterocycles. The fraction of sp³-hybridized carbons (Fsp3) is 0.235. The van der Waals surface area contributed by atoms with Crippen molar-refractivity contribution in [2.75, 3.05) is 13.7 Å².